The number of benzene rings is 2. The molecule has 0 aliphatic carbocycles. The lowest BCUT2D eigenvalue weighted by Crippen LogP contribution is -2.07. The Hall–Kier alpha value is -1.83. The summed E-state index contributed by atoms with van der Waals surface area (Å²) in [4.78, 5) is 0. The van der Waals surface area contributed by atoms with Gasteiger partial charge in [0.25, 0.3) is 0 Å². The number of aryl methyl sites for hydroxylation is 1. The number of hydrogen-bond donors (Lipinski definition) is 1. The molecule has 0 saturated heterocycles. The van der Waals surface area contributed by atoms with Crippen molar-refractivity contribution in [3.63, 3.8) is 0 Å². The van der Waals surface area contributed by atoms with Crippen molar-refractivity contribution in [2.75, 3.05) is 5.32 Å². The van der Waals surface area contributed by atoms with Crippen LogP contribution in [0, 0.1) is 12.7 Å². The average molecular weight is 229 g/mol. The summed E-state index contributed by atoms with van der Waals surface area (Å²) in [5.74, 6) is -0.209. The van der Waals surface area contributed by atoms with Gasteiger partial charge in [-0.3, -0.25) is 0 Å². The van der Waals surface area contributed by atoms with Gasteiger partial charge < -0.3 is 5.32 Å². The molecule has 0 bridgehead atoms. The van der Waals surface area contributed by atoms with Crippen molar-refractivity contribution in [1.82, 2.24) is 0 Å². The summed E-state index contributed by atoms with van der Waals surface area (Å²) in [7, 11) is 0. The van der Waals surface area contributed by atoms with Crippen molar-refractivity contribution in [2.24, 2.45) is 0 Å². The van der Waals surface area contributed by atoms with Gasteiger partial charge in [0, 0.05) is 11.7 Å². The Kier molecular flexibility index (Phi) is 3.43. The minimum Gasteiger partial charge on any atom is -0.379 e. The maximum absolute atomic E-state index is 12.8. The fourth-order valence-corrected chi connectivity index (χ4v) is 1.95. The first-order valence-corrected chi connectivity index (χ1v) is 5.74. The molecule has 0 radical (unpaired) electrons. The summed E-state index contributed by atoms with van der Waals surface area (Å²) in [5, 5.41) is 3.36. The molecule has 2 aromatic carbocycles. The van der Waals surface area contributed by atoms with Gasteiger partial charge in [-0.2, -0.15) is 0 Å². The van der Waals surface area contributed by atoms with Gasteiger partial charge in [0.2, 0.25) is 0 Å². The molecule has 2 heteroatoms. The summed E-state index contributed by atoms with van der Waals surface area (Å²) in [5.41, 5.74) is 3.45. The van der Waals surface area contributed by atoms with E-state index in [1.165, 1.54) is 23.3 Å². The molecule has 0 aliphatic rings. The Morgan fingerprint density at radius 1 is 1.00 bits per heavy atom. The molecule has 0 aromatic heterocycles. The van der Waals surface area contributed by atoms with E-state index in [4.69, 9.17) is 0 Å². The third-order valence-electron chi connectivity index (χ3n) is 2.88. The van der Waals surface area contributed by atoms with Crippen LogP contribution in [0.3, 0.4) is 0 Å². The van der Waals surface area contributed by atoms with E-state index >= 15 is 0 Å². The molecule has 0 aliphatic heterocycles. The molecule has 1 nitrogen and oxygen atoms in total. The maximum Gasteiger partial charge on any atom is 0.123 e. The van der Waals surface area contributed by atoms with Gasteiger partial charge in [0.05, 0.1) is 0 Å². The van der Waals surface area contributed by atoms with Crippen LogP contribution in [0.15, 0.2) is 48.5 Å². The van der Waals surface area contributed by atoms with E-state index < -0.39 is 0 Å². The lowest BCUT2D eigenvalue weighted by Gasteiger charge is -2.17. The number of hydrogen-bond acceptors (Lipinski definition) is 1. The molecule has 1 N–H and O–H groups in total. The van der Waals surface area contributed by atoms with Crippen LogP contribution in [0.4, 0.5) is 10.1 Å². The molecular weight excluding hydrogens is 213 g/mol. The number of halogens is 1. The zero-order chi connectivity index (χ0) is 12.3. The second kappa shape index (κ2) is 5.00. The first-order valence-electron chi connectivity index (χ1n) is 5.74. The largest absolute Gasteiger partial charge is 0.379 e. The van der Waals surface area contributed by atoms with Crippen molar-refractivity contribution < 1.29 is 4.39 Å². The molecular formula is C15H16FN. The summed E-state index contributed by atoms with van der Waals surface area (Å²) in [6.45, 7) is 4.20. The van der Waals surface area contributed by atoms with Crippen molar-refractivity contribution in [2.45, 2.75) is 19.9 Å². The number of rotatable bonds is 3. The Bertz CT molecular complexity index is 491. The maximum atomic E-state index is 12.8. The average Bonchev–Trinajstić information content (AvgIpc) is 2.32. The first kappa shape index (κ1) is 11.6. The summed E-state index contributed by atoms with van der Waals surface area (Å²) in [6.07, 6.45) is 0. The van der Waals surface area contributed by atoms with Crippen LogP contribution >= 0.6 is 0 Å². The van der Waals surface area contributed by atoms with Crippen molar-refractivity contribution >= 4 is 5.69 Å². The SMILES string of the molecule is Cc1ccccc1C(C)Nc1ccc(F)cc1. The molecule has 88 valence electrons. The Balaban J connectivity index is 2.14. The van der Waals surface area contributed by atoms with Crippen LogP contribution in [-0.4, -0.2) is 0 Å². The number of anilines is 1. The minimum atomic E-state index is -0.209. The Labute approximate surface area is 101 Å². The summed E-state index contributed by atoms with van der Waals surface area (Å²) < 4.78 is 12.8. The van der Waals surface area contributed by atoms with Crippen LogP contribution < -0.4 is 5.32 Å². The highest BCUT2D eigenvalue weighted by molar-refractivity contribution is 5.46. The smallest absolute Gasteiger partial charge is 0.123 e. The van der Waals surface area contributed by atoms with Crippen molar-refractivity contribution in [1.29, 1.82) is 0 Å². The van der Waals surface area contributed by atoms with Crippen LogP contribution in [0.1, 0.15) is 24.1 Å². The standard InChI is InChI=1S/C15H16FN/c1-11-5-3-4-6-15(11)12(2)17-14-9-7-13(16)8-10-14/h3-10,12,17H,1-2H3. The van der Waals surface area contributed by atoms with E-state index in [0.29, 0.717) is 0 Å². The van der Waals surface area contributed by atoms with E-state index in [2.05, 4.69) is 31.3 Å². The fourth-order valence-electron chi connectivity index (χ4n) is 1.95. The van der Waals surface area contributed by atoms with Gasteiger partial charge in [-0.1, -0.05) is 24.3 Å². The molecule has 17 heavy (non-hydrogen) atoms. The molecule has 2 aromatic rings. The highest BCUT2D eigenvalue weighted by atomic mass is 19.1. The third kappa shape index (κ3) is 2.84. The van der Waals surface area contributed by atoms with Crippen LogP contribution in [0.5, 0.6) is 0 Å². The molecule has 0 fully saturated rings. The molecule has 2 rings (SSSR count). The van der Waals surface area contributed by atoms with E-state index in [1.54, 1.807) is 12.1 Å². The van der Waals surface area contributed by atoms with Crippen LogP contribution in [-0.2, 0) is 0 Å². The second-order valence-electron chi connectivity index (χ2n) is 4.23. The van der Waals surface area contributed by atoms with Gasteiger partial charge in [-0.25, -0.2) is 4.39 Å². The normalized spacial score (nSPS) is 12.2. The highest BCUT2D eigenvalue weighted by Gasteiger charge is 2.07. The third-order valence-corrected chi connectivity index (χ3v) is 2.88. The van der Waals surface area contributed by atoms with Crippen molar-refractivity contribution in [3.8, 4) is 0 Å². The van der Waals surface area contributed by atoms with Gasteiger partial charge >= 0.3 is 0 Å². The zero-order valence-electron chi connectivity index (χ0n) is 10.1. The Morgan fingerprint density at radius 3 is 2.29 bits per heavy atom. The topological polar surface area (TPSA) is 12.0 Å². The van der Waals surface area contributed by atoms with E-state index in [9.17, 15) is 4.39 Å². The molecule has 0 spiro atoms. The molecule has 0 heterocycles. The van der Waals surface area contributed by atoms with E-state index in [0.717, 1.165) is 5.69 Å². The Morgan fingerprint density at radius 2 is 1.65 bits per heavy atom. The first-order chi connectivity index (χ1) is 8.16. The zero-order valence-corrected chi connectivity index (χ0v) is 10.1. The van der Waals surface area contributed by atoms with Gasteiger partial charge in [0.1, 0.15) is 5.82 Å². The van der Waals surface area contributed by atoms with Gasteiger partial charge in [-0.15, -0.1) is 0 Å². The highest BCUT2D eigenvalue weighted by Crippen LogP contribution is 2.21. The van der Waals surface area contributed by atoms with Crippen LogP contribution in [0.25, 0.3) is 0 Å². The van der Waals surface area contributed by atoms with E-state index in [1.807, 2.05) is 12.1 Å². The lowest BCUT2D eigenvalue weighted by atomic mass is 10.0. The predicted molar refractivity (Wildman–Crippen MR) is 69.6 cm³/mol. The molecule has 1 unspecified atom stereocenters. The summed E-state index contributed by atoms with van der Waals surface area (Å²) in [6, 6.07) is 14.9. The fraction of sp³-hybridized carbons (Fsp3) is 0.200. The molecule has 1 atom stereocenters. The quantitative estimate of drug-likeness (QED) is 0.827. The molecule has 0 amide bonds. The number of nitrogens with one attached hydrogen (secondary N) is 1. The van der Waals surface area contributed by atoms with Crippen molar-refractivity contribution in [3.05, 3.63) is 65.5 Å². The van der Waals surface area contributed by atoms with Crippen LogP contribution in [0.2, 0.25) is 0 Å². The minimum absolute atomic E-state index is 0.209. The monoisotopic (exact) mass is 229 g/mol. The van der Waals surface area contributed by atoms with Gasteiger partial charge in [-0.05, 0) is 49.2 Å². The molecule has 0 saturated carbocycles. The van der Waals surface area contributed by atoms with E-state index in [-0.39, 0.29) is 11.9 Å². The van der Waals surface area contributed by atoms with Gasteiger partial charge in [0.15, 0.2) is 0 Å². The second-order valence-corrected chi connectivity index (χ2v) is 4.23. The lowest BCUT2D eigenvalue weighted by molar-refractivity contribution is 0.628. The predicted octanol–water partition coefficient (Wildman–Crippen LogP) is 4.31. The summed E-state index contributed by atoms with van der Waals surface area (Å²) >= 11 is 0.